The minimum Gasteiger partial charge on any atom is -0.313 e. The van der Waals surface area contributed by atoms with Crippen LogP contribution in [0.5, 0.6) is 0 Å². The molecule has 1 aromatic rings. The molecule has 1 aromatic carbocycles. The van der Waals surface area contributed by atoms with E-state index in [0.29, 0.717) is 12.6 Å². The van der Waals surface area contributed by atoms with E-state index in [2.05, 4.69) is 17.4 Å². The summed E-state index contributed by atoms with van der Waals surface area (Å²) in [7, 11) is 0. The van der Waals surface area contributed by atoms with E-state index in [9.17, 15) is 13.2 Å². The number of aryl methyl sites for hydroxylation is 1. The average molecular weight is 275 g/mol. The summed E-state index contributed by atoms with van der Waals surface area (Å²) < 4.78 is 35.9. The highest BCUT2D eigenvalue weighted by molar-refractivity contribution is 8.00. The Morgan fingerprint density at radius 2 is 1.94 bits per heavy atom. The molecule has 100 valence electrons. The predicted molar refractivity (Wildman–Crippen MR) is 68.8 cm³/mol. The van der Waals surface area contributed by atoms with Crippen molar-refractivity contribution in [1.29, 1.82) is 0 Å². The van der Waals surface area contributed by atoms with E-state index in [4.69, 9.17) is 0 Å². The molecule has 0 aliphatic heterocycles. The van der Waals surface area contributed by atoms with E-state index in [0.717, 1.165) is 19.3 Å². The van der Waals surface area contributed by atoms with Gasteiger partial charge in [0.25, 0.3) is 0 Å². The number of benzene rings is 1. The maximum absolute atomic E-state index is 12.0. The molecule has 0 amide bonds. The summed E-state index contributed by atoms with van der Waals surface area (Å²) in [6, 6.07) is 8.60. The van der Waals surface area contributed by atoms with Crippen LogP contribution >= 0.6 is 11.8 Å². The van der Waals surface area contributed by atoms with Crippen LogP contribution in [0.3, 0.4) is 0 Å². The zero-order valence-electron chi connectivity index (χ0n) is 9.96. The van der Waals surface area contributed by atoms with Crippen molar-refractivity contribution in [3.05, 3.63) is 35.4 Å². The van der Waals surface area contributed by atoms with Crippen LogP contribution in [0.15, 0.2) is 24.3 Å². The van der Waals surface area contributed by atoms with E-state index >= 15 is 0 Å². The standard InChI is InChI=1S/C13H16F3NS/c14-13(15,16)18-8-7-17-12-6-5-10-3-1-2-4-11(10)9-12/h1-4,12,17H,5-9H2. The first kappa shape index (κ1) is 13.7. The fraction of sp³-hybridized carbons (Fsp3) is 0.538. The molecule has 0 radical (unpaired) electrons. The van der Waals surface area contributed by atoms with Crippen molar-refractivity contribution in [3.63, 3.8) is 0 Å². The number of halogens is 3. The first-order valence-corrected chi connectivity index (χ1v) is 7.04. The third kappa shape index (κ3) is 4.21. The summed E-state index contributed by atoms with van der Waals surface area (Å²) in [5, 5.41) is 3.21. The maximum atomic E-state index is 12.0. The van der Waals surface area contributed by atoms with Crippen molar-refractivity contribution in [3.8, 4) is 0 Å². The van der Waals surface area contributed by atoms with E-state index in [1.807, 2.05) is 12.1 Å². The molecular formula is C13H16F3NS. The Kier molecular flexibility index (Phi) is 4.56. The summed E-state index contributed by atoms with van der Waals surface area (Å²) in [6.45, 7) is 0.414. The number of rotatable bonds is 4. The molecule has 1 nitrogen and oxygen atoms in total. The van der Waals surface area contributed by atoms with E-state index < -0.39 is 5.51 Å². The van der Waals surface area contributed by atoms with Gasteiger partial charge in [-0.2, -0.15) is 13.2 Å². The first-order valence-electron chi connectivity index (χ1n) is 6.05. The Balaban J connectivity index is 1.73. The number of hydrogen-bond acceptors (Lipinski definition) is 2. The van der Waals surface area contributed by atoms with Gasteiger partial charge in [-0.25, -0.2) is 0 Å². The SMILES string of the molecule is FC(F)(F)SCCNC1CCc2ccccc2C1. The van der Waals surface area contributed by atoms with E-state index in [1.54, 1.807) is 0 Å². The second kappa shape index (κ2) is 5.97. The third-order valence-electron chi connectivity index (χ3n) is 3.15. The zero-order valence-corrected chi connectivity index (χ0v) is 10.8. The van der Waals surface area contributed by atoms with E-state index in [1.165, 1.54) is 11.1 Å². The van der Waals surface area contributed by atoms with Crippen LogP contribution in [0.25, 0.3) is 0 Å². The average Bonchev–Trinajstić information content (AvgIpc) is 2.33. The lowest BCUT2D eigenvalue weighted by Gasteiger charge is -2.25. The molecule has 2 rings (SSSR count). The van der Waals surface area contributed by atoms with Gasteiger partial charge in [-0.05, 0) is 42.2 Å². The second-order valence-electron chi connectivity index (χ2n) is 4.46. The summed E-state index contributed by atoms with van der Waals surface area (Å²) in [4.78, 5) is 0. The zero-order chi connectivity index (χ0) is 13.0. The molecule has 1 aliphatic carbocycles. The van der Waals surface area contributed by atoms with Gasteiger partial charge in [0, 0.05) is 18.3 Å². The molecule has 0 saturated carbocycles. The van der Waals surface area contributed by atoms with Crippen molar-refractivity contribution in [2.24, 2.45) is 0 Å². The van der Waals surface area contributed by atoms with Gasteiger partial charge in [0.15, 0.2) is 0 Å². The molecular weight excluding hydrogens is 259 g/mol. The molecule has 5 heteroatoms. The monoisotopic (exact) mass is 275 g/mol. The Bertz CT molecular complexity index is 392. The molecule has 0 heterocycles. The Morgan fingerprint density at radius 1 is 1.22 bits per heavy atom. The van der Waals surface area contributed by atoms with E-state index in [-0.39, 0.29) is 17.5 Å². The van der Waals surface area contributed by atoms with Crippen LogP contribution in [-0.4, -0.2) is 23.8 Å². The molecule has 1 N–H and O–H groups in total. The fourth-order valence-electron chi connectivity index (χ4n) is 2.30. The molecule has 0 bridgehead atoms. The molecule has 0 aromatic heterocycles. The van der Waals surface area contributed by atoms with Crippen molar-refractivity contribution in [2.75, 3.05) is 12.3 Å². The largest absolute Gasteiger partial charge is 0.441 e. The molecule has 0 spiro atoms. The lowest BCUT2D eigenvalue weighted by molar-refractivity contribution is -0.0327. The fourth-order valence-corrected chi connectivity index (χ4v) is 2.75. The smallest absolute Gasteiger partial charge is 0.313 e. The topological polar surface area (TPSA) is 12.0 Å². The van der Waals surface area contributed by atoms with Crippen molar-refractivity contribution in [1.82, 2.24) is 5.32 Å². The normalized spacial score (nSPS) is 19.6. The Hall–Kier alpha value is -0.680. The third-order valence-corrected chi connectivity index (χ3v) is 3.88. The van der Waals surface area contributed by atoms with Crippen LogP contribution in [0.1, 0.15) is 17.5 Å². The van der Waals surface area contributed by atoms with Crippen LogP contribution in [0.2, 0.25) is 0 Å². The van der Waals surface area contributed by atoms with Gasteiger partial charge >= 0.3 is 5.51 Å². The number of thioether (sulfide) groups is 1. The van der Waals surface area contributed by atoms with Crippen molar-refractivity contribution < 1.29 is 13.2 Å². The van der Waals surface area contributed by atoms with Gasteiger partial charge in [0.1, 0.15) is 0 Å². The highest BCUT2D eigenvalue weighted by atomic mass is 32.2. The minimum absolute atomic E-state index is 0.0453. The van der Waals surface area contributed by atoms with Gasteiger partial charge in [-0.3, -0.25) is 0 Å². The molecule has 18 heavy (non-hydrogen) atoms. The highest BCUT2D eigenvalue weighted by Gasteiger charge is 2.27. The summed E-state index contributed by atoms with van der Waals surface area (Å²) in [6.07, 6.45) is 2.95. The highest BCUT2D eigenvalue weighted by Crippen LogP contribution is 2.29. The van der Waals surface area contributed by atoms with Gasteiger partial charge in [0.2, 0.25) is 0 Å². The lowest BCUT2D eigenvalue weighted by Crippen LogP contribution is -2.36. The summed E-state index contributed by atoms with van der Waals surface area (Å²) in [5.74, 6) is 0.0850. The maximum Gasteiger partial charge on any atom is 0.441 e. The molecule has 0 fully saturated rings. The quantitative estimate of drug-likeness (QED) is 0.845. The van der Waals surface area contributed by atoms with Gasteiger partial charge < -0.3 is 5.32 Å². The molecule has 1 aliphatic rings. The minimum atomic E-state index is -4.11. The molecule has 0 saturated heterocycles. The van der Waals surface area contributed by atoms with Gasteiger partial charge in [0.05, 0.1) is 0 Å². The van der Waals surface area contributed by atoms with Crippen molar-refractivity contribution in [2.45, 2.75) is 30.8 Å². The predicted octanol–water partition coefficient (Wildman–Crippen LogP) is 3.39. The molecule has 1 atom stereocenters. The number of alkyl halides is 3. The van der Waals surface area contributed by atoms with Crippen molar-refractivity contribution >= 4 is 11.8 Å². The lowest BCUT2D eigenvalue weighted by atomic mass is 9.88. The Morgan fingerprint density at radius 3 is 2.67 bits per heavy atom. The Labute approximate surface area is 109 Å². The number of hydrogen-bond donors (Lipinski definition) is 1. The van der Waals surface area contributed by atoms with Crippen LogP contribution in [0, 0.1) is 0 Å². The van der Waals surface area contributed by atoms with Crippen LogP contribution < -0.4 is 5.32 Å². The number of fused-ring (bicyclic) bond motifs is 1. The van der Waals surface area contributed by atoms with Crippen LogP contribution in [0.4, 0.5) is 13.2 Å². The number of nitrogens with one attached hydrogen (secondary N) is 1. The summed E-state index contributed by atoms with van der Waals surface area (Å²) >= 11 is 0.0453. The summed E-state index contributed by atoms with van der Waals surface area (Å²) in [5.41, 5.74) is -1.41. The van der Waals surface area contributed by atoms with Crippen LogP contribution in [-0.2, 0) is 12.8 Å². The van der Waals surface area contributed by atoms with Gasteiger partial charge in [-0.1, -0.05) is 24.3 Å². The second-order valence-corrected chi connectivity index (χ2v) is 5.62. The van der Waals surface area contributed by atoms with Gasteiger partial charge in [-0.15, -0.1) is 0 Å². The first-order chi connectivity index (χ1) is 8.54. The molecule has 1 unspecified atom stereocenters.